The maximum absolute atomic E-state index is 12.0. The molecule has 0 heterocycles. The number of benzene rings is 1. The molecule has 22 heavy (non-hydrogen) atoms. The van der Waals surface area contributed by atoms with E-state index in [-0.39, 0.29) is 18.2 Å². The highest BCUT2D eigenvalue weighted by atomic mass is 35.5. The summed E-state index contributed by atoms with van der Waals surface area (Å²) in [6, 6.07) is 5.07. The summed E-state index contributed by atoms with van der Waals surface area (Å²) >= 11 is 11.9. The van der Waals surface area contributed by atoms with Crippen molar-refractivity contribution in [3.63, 3.8) is 0 Å². The number of unbranched alkanes of at least 4 members (excludes halogenated alkanes) is 2. The summed E-state index contributed by atoms with van der Waals surface area (Å²) in [5.41, 5.74) is 0.486. The molecular weight excluding hydrogens is 323 g/mol. The molecule has 1 aromatic carbocycles. The molecule has 0 atom stereocenters. The van der Waals surface area contributed by atoms with Crippen LogP contribution in [0.15, 0.2) is 18.2 Å². The molecule has 0 aliphatic rings. The number of hydrogen-bond donors (Lipinski definition) is 1. The molecule has 0 unspecified atom stereocenters. The van der Waals surface area contributed by atoms with E-state index in [2.05, 4.69) is 12.2 Å². The highest BCUT2D eigenvalue weighted by Gasteiger charge is 2.12. The first-order chi connectivity index (χ1) is 10.5. The molecule has 0 aliphatic carbocycles. The van der Waals surface area contributed by atoms with Crippen molar-refractivity contribution in [1.29, 1.82) is 0 Å². The lowest BCUT2D eigenvalue weighted by Crippen LogP contribution is -2.32. The van der Waals surface area contributed by atoms with Crippen LogP contribution in [0.1, 0.15) is 39.5 Å². The Morgan fingerprint density at radius 2 is 1.91 bits per heavy atom. The van der Waals surface area contributed by atoms with E-state index in [1.54, 1.807) is 23.1 Å². The molecule has 0 aromatic heterocycles. The lowest BCUT2D eigenvalue weighted by atomic mass is 10.2. The molecule has 2 amide bonds. The zero-order valence-electron chi connectivity index (χ0n) is 13.0. The Kier molecular flexibility index (Phi) is 8.28. The summed E-state index contributed by atoms with van der Waals surface area (Å²) in [7, 11) is 0. The molecule has 0 bridgehead atoms. The molecule has 0 aliphatic heterocycles. The third-order valence-electron chi connectivity index (χ3n) is 3.31. The first-order valence-corrected chi connectivity index (χ1v) is 8.20. The number of rotatable bonds is 8. The van der Waals surface area contributed by atoms with Crippen LogP contribution in [0.5, 0.6) is 0 Å². The van der Waals surface area contributed by atoms with Gasteiger partial charge in [-0.25, -0.2) is 0 Å². The maximum atomic E-state index is 12.0. The second kappa shape index (κ2) is 9.70. The molecule has 0 radical (unpaired) electrons. The van der Waals surface area contributed by atoms with Gasteiger partial charge in [-0.2, -0.15) is 0 Å². The monoisotopic (exact) mass is 344 g/mol. The molecule has 1 rings (SSSR count). The Morgan fingerprint density at radius 1 is 1.18 bits per heavy atom. The second-order valence-corrected chi connectivity index (χ2v) is 5.90. The van der Waals surface area contributed by atoms with Crippen molar-refractivity contribution >= 4 is 40.7 Å². The van der Waals surface area contributed by atoms with Crippen molar-refractivity contribution in [2.24, 2.45) is 0 Å². The zero-order valence-corrected chi connectivity index (χ0v) is 14.5. The van der Waals surface area contributed by atoms with Crippen LogP contribution in [0, 0.1) is 0 Å². The predicted octanol–water partition coefficient (Wildman–Crippen LogP) is 4.36. The Hall–Kier alpha value is -1.26. The molecule has 4 nitrogen and oxygen atoms in total. The molecule has 122 valence electrons. The normalized spacial score (nSPS) is 10.4. The SMILES string of the molecule is CCCCCN(CCC(=O)Nc1cccc(Cl)c1Cl)C(C)=O. The minimum absolute atomic E-state index is 0.00955. The number of amides is 2. The fourth-order valence-corrected chi connectivity index (χ4v) is 2.38. The highest BCUT2D eigenvalue weighted by Crippen LogP contribution is 2.29. The second-order valence-electron chi connectivity index (χ2n) is 5.11. The summed E-state index contributed by atoms with van der Waals surface area (Å²) in [6.45, 7) is 4.73. The van der Waals surface area contributed by atoms with Crippen LogP contribution in [0.3, 0.4) is 0 Å². The number of halogens is 2. The van der Waals surface area contributed by atoms with Crippen LogP contribution in [0.4, 0.5) is 5.69 Å². The lowest BCUT2D eigenvalue weighted by molar-refractivity contribution is -0.129. The summed E-state index contributed by atoms with van der Waals surface area (Å²) in [4.78, 5) is 25.2. The summed E-state index contributed by atoms with van der Waals surface area (Å²) in [5.74, 6) is -0.199. The molecule has 1 N–H and O–H groups in total. The summed E-state index contributed by atoms with van der Waals surface area (Å²) < 4.78 is 0. The fourth-order valence-electron chi connectivity index (χ4n) is 2.03. The minimum Gasteiger partial charge on any atom is -0.342 e. The van der Waals surface area contributed by atoms with Crippen LogP contribution in [0.25, 0.3) is 0 Å². The minimum atomic E-state index is -0.189. The van der Waals surface area contributed by atoms with Crippen molar-refractivity contribution in [3.8, 4) is 0 Å². The van der Waals surface area contributed by atoms with E-state index < -0.39 is 0 Å². The smallest absolute Gasteiger partial charge is 0.226 e. The first-order valence-electron chi connectivity index (χ1n) is 7.45. The van der Waals surface area contributed by atoms with Gasteiger partial charge in [0.15, 0.2) is 0 Å². The van der Waals surface area contributed by atoms with Crippen LogP contribution < -0.4 is 5.32 Å². The Morgan fingerprint density at radius 3 is 2.55 bits per heavy atom. The lowest BCUT2D eigenvalue weighted by Gasteiger charge is -2.20. The van der Waals surface area contributed by atoms with Crippen LogP contribution in [-0.2, 0) is 9.59 Å². The van der Waals surface area contributed by atoms with Gasteiger partial charge in [-0.15, -0.1) is 0 Å². The fraction of sp³-hybridized carbons (Fsp3) is 0.500. The van der Waals surface area contributed by atoms with Gasteiger partial charge in [-0.05, 0) is 18.6 Å². The van der Waals surface area contributed by atoms with Gasteiger partial charge in [0.1, 0.15) is 0 Å². The quantitative estimate of drug-likeness (QED) is 0.712. The van der Waals surface area contributed by atoms with E-state index in [9.17, 15) is 9.59 Å². The van der Waals surface area contributed by atoms with Crippen LogP contribution >= 0.6 is 23.2 Å². The van der Waals surface area contributed by atoms with E-state index in [4.69, 9.17) is 23.2 Å². The summed E-state index contributed by atoms with van der Waals surface area (Å²) in [5, 5.41) is 3.44. The van der Waals surface area contributed by atoms with Gasteiger partial charge in [-0.1, -0.05) is 49.0 Å². The molecule has 0 saturated carbocycles. The van der Waals surface area contributed by atoms with Crippen molar-refractivity contribution < 1.29 is 9.59 Å². The van der Waals surface area contributed by atoms with Gasteiger partial charge in [0.25, 0.3) is 0 Å². The number of nitrogens with one attached hydrogen (secondary N) is 1. The molecule has 6 heteroatoms. The first kappa shape index (κ1) is 18.8. The Balaban J connectivity index is 2.49. The number of carbonyl (C=O) groups is 2. The number of nitrogens with zero attached hydrogens (tertiary/aromatic N) is 1. The van der Waals surface area contributed by atoms with Gasteiger partial charge in [0.05, 0.1) is 15.7 Å². The molecule has 0 saturated heterocycles. The molecule has 1 aromatic rings. The predicted molar refractivity (Wildman–Crippen MR) is 91.5 cm³/mol. The van der Waals surface area contributed by atoms with Crippen LogP contribution in [0.2, 0.25) is 10.0 Å². The van der Waals surface area contributed by atoms with Gasteiger partial charge in [0.2, 0.25) is 11.8 Å². The number of hydrogen-bond acceptors (Lipinski definition) is 2. The third-order valence-corrected chi connectivity index (χ3v) is 4.13. The van der Waals surface area contributed by atoms with E-state index in [1.165, 1.54) is 6.92 Å². The van der Waals surface area contributed by atoms with E-state index in [0.717, 1.165) is 19.3 Å². The number of anilines is 1. The standard InChI is InChI=1S/C16H22Cl2N2O2/c1-3-4-5-10-20(12(2)21)11-9-15(22)19-14-8-6-7-13(17)16(14)18/h6-8H,3-5,9-11H2,1-2H3,(H,19,22). The van der Waals surface area contributed by atoms with E-state index in [0.29, 0.717) is 28.8 Å². The highest BCUT2D eigenvalue weighted by molar-refractivity contribution is 6.43. The molecular formula is C16H22Cl2N2O2. The van der Waals surface area contributed by atoms with Gasteiger partial charge >= 0.3 is 0 Å². The Labute approximate surface area is 141 Å². The topological polar surface area (TPSA) is 49.4 Å². The van der Waals surface area contributed by atoms with E-state index >= 15 is 0 Å². The van der Waals surface area contributed by atoms with Gasteiger partial charge in [0, 0.05) is 26.4 Å². The average Bonchev–Trinajstić information content (AvgIpc) is 2.47. The number of carbonyl (C=O) groups excluding carboxylic acids is 2. The van der Waals surface area contributed by atoms with Crippen molar-refractivity contribution in [2.45, 2.75) is 39.5 Å². The maximum Gasteiger partial charge on any atom is 0.226 e. The van der Waals surface area contributed by atoms with Gasteiger partial charge < -0.3 is 10.2 Å². The molecule has 0 spiro atoms. The largest absolute Gasteiger partial charge is 0.342 e. The third kappa shape index (κ3) is 6.24. The van der Waals surface area contributed by atoms with E-state index in [1.807, 2.05) is 0 Å². The summed E-state index contributed by atoms with van der Waals surface area (Å²) in [6.07, 6.45) is 3.36. The Bertz CT molecular complexity index is 521. The van der Waals surface area contributed by atoms with Crippen LogP contribution in [-0.4, -0.2) is 29.8 Å². The van der Waals surface area contributed by atoms with Crippen molar-refractivity contribution in [2.75, 3.05) is 18.4 Å². The van der Waals surface area contributed by atoms with Gasteiger partial charge in [-0.3, -0.25) is 9.59 Å². The average molecular weight is 345 g/mol. The molecule has 0 fully saturated rings. The van der Waals surface area contributed by atoms with Crippen molar-refractivity contribution in [1.82, 2.24) is 4.90 Å². The zero-order chi connectivity index (χ0) is 16.5. The van der Waals surface area contributed by atoms with Crippen molar-refractivity contribution in [3.05, 3.63) is 28.2 Å².